The molecular weight excluding hydrogens is 392 g/mol. The minimum atomic E-state index is -0.670. The summed E-state index contributed by atoms with van der Waals surface area (Å²) in [5, 5.41) is 5.31. The fourth-order valence-corrected chi connectivity index (χ4v) is 3.60. The van der Waals surface area contributed by atoms with Gasteiger partial charge in [0.25, 0.3) is 5.91 Å². The summed E-state index contributed by atoms with van der Waals surface area (Å²) in [5.74, 6) is -1.34. The maximum absolute atomic E-state index is 12.5. The quantitative estimate of drug-likeness (QED) is 0.353. The van der Waals surface area contributed by atoms with Gasteiger partial charge in [-0.2, -0.15) is 0 Å². The van der Waals surface area contributed by atoms with E-state index in [4.69, 9.17) is 4.74 Å². The number of para-hydroxylation sites is 1. The van der Waals surface area contributed by atoms with Crippen molar-refractivity contribution >= 4 is 39.3 Å². The summed E-state index contributed by atoms with van der Waals surface area (Å²) in [4.78, 5) is 40.0. The van der Waals surface area contributed by atoms with Crippen LogP contribution in [0.25, 0.3) is 21.7 Å². The number of ketones is 1. The molecule has 4 aromatic rings. The molecule has 3 aromatic carbocycles. The monoisotopic (exact) mass is 414 g/mol. The molecule has 0 atom stereocenters. The molecule has 0 fully saturated rings. The predicted molar refractivity (Wildman–Crippen MR) is 119 cm³/mol. The van der Waals surface area contributed by atoms with Gasteiger partial charge >= 0.3 is 5.97 Å². The number of aryl methyl sites for hydroxylation is 1. The lowest BCUT2D eigenvalue weighted by atomic mass is 10.1. The molecule has 1 heterocycles. The molecule has 1 amide bonds. The van der Waals surface area contributed by atoms with Crippen molar-refractivity contribution in [1.82, 2.24) is 10.3 Å². The molecule has 0 radical (unpaired) electrons. The van der Waals surface area contributed by atoms with Crippen molar-refractivity contribution in [2.45, 2.75) is 13.3 Å². The first-order valence-corrected chi connectivity index (χ1v) is 10.1. The molecule has 0 saturated carbocycles. The minimum Gasteiger partial charge on any atom is -0.456 e. The average molecular weight is 414 g/mol. The van der Waals surface area contributed by atoms with Crippen LogP contribution in [0.5, 0.6) is 0 Å². The molecule has 0 aliphatic rings. The number of nitrogens with one attached hydrogen (secondary N) is 2. The van der Waals surface area contributed by atoms with E-state index in [2.05, 4.69) is 10.3 Å². The van der Waals surface area contributed by atoms with Gasteiger partial charge in [0.05, 0.1) is 0 Å². The highest BCUT2D eigenvalue weighted by molar-refractivity contribution is 6.09. The van der Waals surface area contributed by atoms with Crippen LogP contribution in [0.15, 0.2) is 66.9 Å². The van der Waals surface area contributed by atoms with Crippen molar-refractivity contribution in [2.75, 3.05) is 13.2 Å². The number of fused-ring (bicyclic) bond motifs is 2. The Kier molecular flexibility index (Phi) is 5.80. The van der Waals surface area contributed by atoms with Crippen molar-refractivity contribution in [2.24, 2.45) is 0 Å². The fourth-order valence-electron chi connectivity index (χ4n) is 3.60. The van der Waals surface area contributed by atoms with Crippen LogP contribution in [-0.4, -0.2) is 35.8 Å². The van der Waals surface area contributed by atoms with Crippen LogP contribution in [0.4, 0.5) is 0 Å². The number of esters is 1. The Morgan fingerprint density at radius 2 is 1.77 bits per heavy atom. The summed E-state index contributed by atoms with van der Waals surface area (Å²) in [5.41, 5.74) is 2.97. The van der Waals surface area contributed by atoms with Crippen molar-refractivity contribution in [1.29, 1.82) is 0 Å². The summed E-state index contributed by atoms with van der Waals surface area (Å²) >= 11 is 0. The van der Waals surface area contributed by atoms with Crippen LogP contribution in [0.1, 0.15) is 33.2 Å². The van der Waals surface area contributed by atoms with Crippen molar-refractivity contribution in [3.63, 3.8) is 0 Å². The molecule has 6 nitrogen and oxygen atoms in total. The third-order valence-electron chi connectivity index (χ3n) is 5.25. The number of rotatable bonds is 7. The molecule has 0 aliphatic carbocycles. The fraction of sp³-hybridized carbons (Fsp3) is 0.160. The van der Waals surface area contributed by atoms with E-state index in [-0.39, 0.29) is 24.8 Å². The van der Waals surface area contributed by atoms with Crippen LogP contribution in [0.2, 0.25) is 0 Å². The second kappa shape index (κ2) is 8.83. The molecule has 0 bridgehead atoms. The van der Waals surface area contributed by atoms with Gasteiger partial charge in [-0.3, -0.25) is 14.4 Å². The van der Waals surface area contributed by atoms with Gasteiger partial charge in [-0.25, -0.2) is 0 Å². The van der Waals surface area contributed by atoms with E-state index in [1.54, 1.807) is 18.3 Å². The highest BCUT2D eigenvalue weighted by Gasteiger charge is 2.16. The number of aromatic amines is 1. The van der Waals surface area contributed by atoms with Gasteiger partial charge in [0.15, 0.2) is 6.61 Å². The van der Waals surface area contributed by atoms with Gasteiger partial charge in [-0.15, -0.1) is 0 Å². The maximum Gasteiger partial charge on any atom is 0.325 e. The molecule has 156 valence electrons. The molecule has 1 aromatic heterocycles. The van der Waals surface area contributed by atoms with E-state index in [1.165, 1.54) is 0 Å². The summed E-state index contributed by atoms with van der Waals surface area (Å²) in [6, 6.07) is 18.8. The summed E-state index contributed by atoms with van der Waals surface area (Å²) in [7, 11) is 0. The lowest BCUT2D eigenvalue weighted by molar-refractivity contribution is -0.141. The molecule has 6 heteroatoms. The molecule has 4 rings (SSSR count). The van der Waals surface area contributed by atoms with Crippen molar-refractivity contribution in [3.8, 4) is 0 Å². The van der Waals surface area contributed by atoms with Crippen LogP contribution in [-0.2, 0) is 16.0 Å². The number of benzene rings is 3. The summed E-state index contributed by atoms with van der Waals surface area (Å²) in [6.45, 7) is 1.35. The van der Waals surface area contributed by atoms with Crippen molar-refractivity contribution < 1.29 is 19.1 Å². The SMILES string of the molecule is CCc1cccc2c(C(=O)COC(=O)CNC(=O)c3ccc4ccccc4c3)c[nH]c12. The van der Waals surface area contributed by atoms with Crippen molar-refractivity contribution in [3.05, 3.63) is 83.6 Å². The Hall–Kier alpha value is -3.93. The molecule has 0 aliphatic heterocycles. The van der Waals surface area contributed by atoms with Gasteiger partial charge < -0.3 is 15.0 Å². The number of ether oxygens (including phenoxy) is 1. The highest BCUT2D eigenvalue weighted by Crippen LogP contribution is 2.22. The first-order valence-electron chi connectivity index (χ1n) is 10.1. The Balaban J connectivity index is 1.33. The third kappa shape index (κ3) is 4.33. The number of aromatic nitrogens is 1. The number of carbonyl (C=O) groups excluding carboxylic acids is 3. The summed E-state index contributed by atoms with van der Waals surface area (Å²) in [6.07, 6.45) is 2.48. The van der Waals surface area contributed by atoms with Crippen LogP contribution < -0.4 is 5.32 Å². The number of hydrogen-bond acceptors (Lipinski definition) is 4. The Morgan fingerprint density at radius 1 is 0.968 bits per heavy atom. The normalized spacial score (nSPS) is 10.9. The zero-order valence-corrected chi connectivity index (χ0v) is 17.1. The average Bonchev–Trinajstić information content (AvgIpc) is 3.25. The predicted octanol–water partition coefficient (Wildman–Crippen LogP) is 4.04. The Morgan fingerprint density at radius 3 is 2.58 bits per heavy atom. The smallest absolute Gasteiger partial charge is 0.325 e. The Labute approximate surface area is 179 Å². The number of H-pyrrole nitrogens is 1. The van der Waals surface area contributed by atoms with Gasteiger partial charge in [0.1, 0.15) is 6.54 Å². The third-order valence-corrected chi connectivity index (χ3v) is 5.25. The van der Waals surface area contributed by atoms with E-state index in [9.17, 15) is 14.4 Å². The van der Waals surface area contributed by atoms with E-state index in [0.717, 1.165) is 33.7 Å². The largest absolute Gasteiger partial charge is 0.456 e. The maximum atomic E-state index is 12.5. The first kappa shape index (κ1) is 20.3. The lowest BCUT2D eigenvalue weighted by Gasteiger charge is -2.07. The first-order chi connectivity index (χ1) is 15.1. The van der Waals surface area contributed by atoms with Gasteiger partial charge in [-0.05, 0) is 34.9 Å². The highest BCUT2D eigenvalue weighted by atomic mass is 16.5. The molecule has 2 N–H and O–H groups in total. The zero-order chi connectivity index (χ0) is 21.8. The van der Waals surface area contributed by atoms with E-state index >= 15 is 0 Å². The van der Waals surface area contributed by atoms with Gasteiger partial charge in [0.2, 0.25) is 5.78 Å². The topological polar surface area (TPSA) is 88.3 Å². The lowest BCUT2D eigenvalue weighted by Crippen LogP contribution is -2.31. The Bertz CT molecular complexity index is 1290. The van der Waals surface area contributed by atoms with Gasteiger partial charge in [-0.1, -0.05) is 55.5 Å². The minimum absolute atomic E-state index is 0.297. The molecular formula is C25H22N2O4. The number of amides is 1. The molecule has 0 saturated heterocycles. The van der Waals surface area contributed by atoms with E-state index in [1.807, 2.05) is 55.5 Å². The zero-order valence-electron chi connectivity index (χ0n) is 17.1. The van der Waals surface area contributed by atoms with Crippen LogP contribution in [0, 0.1) is 0 Å². The number of hydrogen-bond donors (Lipinski definition) is 2. The number of Topliss-reactive ketones (excluding diaryl/α,β-unsaturated/α-hetero) is 1. The molecule has 0 spiro atoms. The number of carbonyl (C=O) groups is 3. The molecule has 0 unspecified atom stereocenters. The second-order valence-corrected chi connectivity index (χ2v) is 7.22. The van der Waals surface area contributed by atoms with Crippen LogP contribution in [0.3, 0.4) is 0 Å². The second-order valence-electron chi connectivity index (χ2n) is 7.22. The molecule has 31 heavy (non-hydrogen) atoms. The van der Waals surface area contributed by atoms with E-state index in [0.29, 0.717) is 11.1 Å². The standard InChI is InChI=1S/C25H22N2O4/c1-2-16-8-5-9-20-21(13-26-24(16)20)22(28)15-31-23(29)14-27-25(30)19-11-10-17-6-3-4-7-18(17)12-19/h3-13,26H,2,14-15H2,1H3,(H,27,30). The van der Waals surface area contributed by atoms with Gasteiger partial charge in [0, 0.05) is 28.2 Å². The van der Waals surface area contributed by atoms with E-state index < -0.39 is 5.97 Å². The van der Waals surface area contributed by atoms with Crippen LogP contribution >= 0.6 is 0 Å². The summed E-state index contributed by atoms with van der Waals surface area (Å²) < 4.78 is 5.07.